The number of aromatic nitrogens is 2. The summed E-state index contributed by atoms with van der Waals surface area (Å²) in [5.74, 6) is -0.158. The molecule has 4 fully saturated rings. The van der Waals surface area contributed by atoms with E-state index in [0.717, 1.165) is 50.9 Å². The fourth-order valence-electron chi connectivity index (χ4n) is 5.97. The molecule has 3 aliphatic heterocycles. The second-order valence-electron chi connectivity index (χ2n) is 9.62. The van der Waals surface area contributed by atoms with E-state index >= 15 is 0 Å². The van der Waals surface area contributed by atoms with Crippen LogP contribution in [0.15, 0.2) is 53.5 Å². The van der Waals surface area contributed by atoms with Gasteiger partial charge in [0, 0.05) is 35.8 Å². The number of fused-ring (bicyclic) bond motifs is 4. The van der Waals surface area contributed by atoms with Crippen molar-refractivity contribution in [3.05, 3.63) is 70.3 Å². The number of nitrogens with zero attached hydrogens (tertiary/aromatic N) is 3. The Balaban J connectivity index is 1.41. The van der Waals surface area contributed by atoms with Gasteiger partial charge in [-0.15, -0.1) is 0 Å². The highest BCUT2D eigenvalue weighted by Crippen LogP contribution is 2.42. The van der Waals surface area contributed by atoms with Gasteiger partial charge in [0.2, 0.25) is 0 Å². The zero-order valence-corrected chi connectivity index (χ0v) is 18.5. The molecule has 2 N–H and O–H groups in total. The highest BCUT2D eigenvalue weighted by molar-refractivity contribution is 6.02. The maximum Gasteiger partial charge on any atom is 0.265 e. The number of hydrogen-bond acceptors (Lipinski definition) is 5. The summed E-state index contributed by atoms with van der Waals surface area (Å²) < 4.78 is 0. The van der Waals surface area contributed by atoms with E-state index in [0.29, 0.717) is 16.8 Å². The Morgan fingerprint density at radius 1 is 1.09 bits per heavy atom. The Morgan fingerprint density at radius 3 is 2.58 bits per heavy atom. The maximum atomic E-state index is 14.0. The molecule has 2 aromatic heterocycles. The van der Waals surface area contributed by atoms with Crippen LogP contribution in [0.1, 0.15) is 41.7 Å². The van der Waals surface area contributed by atoms with Gasteiger partial charge in [-0.1, -0.05) is 18.2 Å². The molecule has 2 atom stereocenters. The molecule has 4 aliphatic rings. The molecule has 1 aliphatic carbocycles. The first-order chi connectivity index (χ1) is 16.1. The van der Waals surface area contributed by atoms with Crippen LogP contribution in [0.4, 0.5) is 0 Å². The third-order valence-electron chi connectivity index (χ3n) is 7.67. The standard InChI is InChI=1S/C26H28N4O3/c31-24-19-6-1-2-7-20(19)28-25(32)22(24)26(33)30(18-8-9-18)23-16-10-13-29(14-11-16)21(23)15-17-5-3-4-12-27-17/h1-7,12,16,18,21,23H,8-11,13-15H2,(H2,28,31,32). The molecule has 2 unspecified atom stereocenters. The summed E-state index contributed by atoms with van der Waals surface area (Å²) in [6, 6.07) is 13.3. The van der Waals surface area contributed by atoms with Gasteiger partial charge in [0.1, 0.15) is 11.3 Å². The molecule has 2 bridgehead atoms. The van der Waals surface area contributed by atoms with Crippen molar-refractivity contribution in [2.24, 2.45) is 5.92 Å². The van der Waals surface area contributed by atoms with Crippen LogP contribution < -0.4 is 5.56 Å². The first-order valence-electron chi connectivity index (χ1n) is 11.9. The monoisotopic (exact) mass is 444 g/mol. The average molecular weight is 445 g/mol. The van der Waals surface area contributed by atoms with Crippen LogP contribution in [0.2, 0.25) is 0 Å². The molecule has 1 amide bonds. The van der Waals surface area contributed by atoms with Gasteiger partial charge in [-0.25, -0.2) is 0 Å². The zero-order valence-electron chi connectivity index (χ0n) is 18.5. The number of pyridine rings is 2. The van der Waals surface area contributed by atoms with Crippen molar-refractivity contribution in [3.63, 3.8) is 0 Å². The molecule has 33 heavy (non-hydrogen) atoms. The number of H-pyrrole nitrogens is 1. The van der Waals surface area contributed by atoms with Crippen molar-refractivity contribution >= 4 is 16.8 Å². The molecule has 170 valence electrons. The van der Waals surface area contributed by atoms with Crippen LogP contribution in [-0.2, 0) is 6.42 Å². The first kappa shape index (κ1) is 20.4. The number of benzene rings is 1. The zero-order chi connectivity index (χ0) is 22.5. The lowest BCUT2D eigenvalue weighted by molar-refractivity contribution is -0.0380. The summed E-state index contributed by atoms with van der Waals surface area (Å²) in [6.07, 6.45) is 6.59. The van der Waals surface area contributed by atoms with Gasteiger partial charge < -0.3 is 15.0 Å². The lowest BCUT2D eigenvalue weighted by Crippen LogP contribution is -2.65. The number of rotatable bonds is 5. The van der Waals surface area contributed by atoms with Crippen molar-refractivity contribution in [2.75, 3.05) is 13.1 Å². The highest BCUT2D eigenvalue weighted by Gasteiger charge is 2.50. The number of amides is 1. The van der Waals surface area contributed by atoms with Gasteiger partial charge in [-0.3, -0.25) is 19.5 Å². The molecule has 7 rings (SSSR count). The van der Waals surface area contributed by atoms with Crippen LogP contribution in [0.5, 0.6) is 5.75 Å². The summed E-state index contributed by atoms with van der Waals surface area (Å²) in [5.41, 5.74) is 0.901. The second kappa shape index (κ2) is 7.99. The summed E-state index contributed by atoms with van der Waals surface area (Å²) in [4.78, 5) is 38.8. The molecule has 0 spiro atoms. The van der Waals surface area contributed by atoms with Crippen molar-refractivity contribution in [2.45, 2.75) is 50.2 Å². The Morgan fingerprint density at radius 2 is 1.85 bits per heavy atom. The topological polar surface area (TPSA) is 89.5 Å². The summed E-state index contributed by atoms with van der Waals surface area (Å²) in [5, 5.41) is 11.5. The summed E-state index contributed by atoms with van der Waals surface area (Å²) in [6.45, 7) is 2.07. The number of carbonyl (C=O) groups is 1. The normalized spacial score (nSPS) is 26.4. The number of hydrogen-bond donors (Lipinski definition) is 2. The van der Waals surface area contributed by atoms with E-state index in [4.69, 9.17) is 0 Å². The summed E-state index contributed by atoms with van der Waals surface area (Å²) in [7, 11) is 0. The van der Waals surface area contributed by atoms with Gasteiger partial charge in [-0.2, -0.15) is 0 Å². The third kappa shape index (κ3) is 3.51. The van der Waals surface area contributed by atoms with Gasteiger partial charge in [-0.05, 0) is 69.0 Å². The van der Waals surface area contributed by atoms with E-state index in [1.807, 2.05) is 29.3 Å². The molecule has 7 heteroatoms. The molecule has 3 saturated heterocycles. The molecular formula is C26H28N4O3. The minimum Gasteiger partial charge on any atom is -0.506 e. The first-order valence-corrected chi connectivity index (χ1v) is 11.9. The van der Waals surface area contributed by atoms with Crippen LogP contribution in [0, 0.1) is 5.92 Å². The molecule has 1 saturated carbocycles. The van der Waals surface area contributed by atoms with E-state index in [1.54, 1.807) is 24.3 Å². The van der Waals surface area contributed by atoms with E-state index in [-0.39, 0.29) is 35.3 Å². The second-order valence-corrected chi connectivity index (χ2v) is 9.62. The SMILES string of the molecule is O=C(c1c(O)c2ccccc2[nH]c1=O)N(C1CC1)C1C2CCN(CC2)C1Cc1ccccn1. The Bertz CT molecular complexity index is 1250. The van der Waals surface area contributed by atoms with Crippen molar-refractivity contribution in [1.29, 1.82) is 0 Å². The average Bonchev–Trinajstić information content (AvgIpc) is 3.67. The third-order valence-corrected chi connectivity index (χ3v) is 7.67. The van der Waals surface area contributed by atoms with E-state index in [2.05, 4.69) is 14.9 Å². The number of carbonyl (C=O) groups excluding carboxylic acids is 1. The largest absolute Gasteiger partial charge is 0.506 e. The minimum absolute atomic E-state index is 0.0137. The van der Waals surface area contributed by atoms with Gasteiger partial charge in [0.25, 0.3) is 11.5 Å². The van der Waals surface area contributed by atoms with E-state index in [1.165, 1.54) is 0 Å². The minimum atomic E-state index is -0.524. The predicted octanol–water partition coefficient (Wildman–Crippen LogP) is 2.94. The Labute approximate surface area is 192 Å². The fraction of sp³-hybridized carbons (Fsp3) is 0.423. The fourth-order valence-corrected chi connectivity index (χ4v) is 5.97. The van der Waals surface area contributed by atoms with E-state index < -0.39 is 5.56 Å². The van der Waals surface area contributed by atoms with Crippen LogP contribution in [0.25, 0.3) is 10.9 Å². The van der Waals surface area contributed by atoms with Crippen LogP contribution in [-0.4, -0.2) is 62.0 Å². The number of aromatic amines is 1. The van der Waals surface area contributed by atoms with E-state index in [9.17, 15) is 14.7 Å². The Hall–Kier alpha value is -3.19. The molecule has 7 nitrogen and oxygen atoms in total. The number of piperidine rings is 3. The van der Waals surface area contributed by atoms with Gasteiger partial charge in [0.05, 0.1) is 11.6 Å². The van der Waals surface area contributed by atoms with Crippen molar-refractivity contribution in [1.82, 2.24) is 19.8 Å². The molecule has 3 aromatic rings. The molecular weight excluding hydrogens is 416 g/mol. The molecule has 5 heterocycles. The Kier molecular flexibility index (Phi) is 4.94. The lowest BCUT2D eigenvalue weighted by atomic mass is 9.76. The predicted molar refractivity (Wildman–Crippen MR) is 125 cm³/mol. The number of nitrogens with one attached hydrogen (secondary N) is 1. The highest BCUT2D eigenvalue weighted by atomic mass is 16.3. The number of para-hydroxylation sites is 1. The molecule has 1 aromatic carbocycles. The van der Waals surface area contributed by atoms with Crippen LogP contribution in [0.3, 0.4) is 0 Å². The van der Waals surface area contributed by atoms with Crippen molar-refractivity contribution in [3.8, 4) is 5.75 Å². The smallest absolute Gasteiger partial charge is 0.265 e. The van der Waals surface area contributed by atoms with Gasteiger partial charge >= 0.3 is 0 Å². The van der Waals surface area contributed by atoms with Crippen LogP contribution >= 0.6 is 0 Å². The maximum absolute atomic E-state index is 14.0. The lowest BCUT2D eigenvalue weighted by Gasteiger charge is -2.54. The number of aromatic hydroxyl groups is 1. The van der Waals surface area contributed by atoms with Gasteiger partial charge in [0.15, 0.2) is 0 Å². The van der Waals surface area contributed by atoms with Crippen molar-refractivity contribution < 1.29 is 9.90 Å². The quantitative estimate of drug-likeness (QED) is 0.632. The molecule has 0 radical (unpaired) electrons. The summed E-state index contributed by atoms with van der Waals surface area (Å²) >= 11 is 0.